The zero-order valence-electron chi connectivity index (χ0n) is 7.90. The van der Waals surface area contributed by atoms with Crippen LogP contribution in [0, 0.1) is 0 Å². The second-order valence-electron chi connectivity index (χ2n) is 3.10. The molecular formula is C11H10ClNO2. The molecule has 2 rings (SSSR count). The van der Waals surface area contributed by atoms with E-state index in [0.29, 0.717) is 11.6 Å². The minimum atomic E-state index is 0.0835. The van der Waals surface area contributed by atoms with Gasteiger partial charge in [0.25, 0.3) is 0 Å². The van der Waals surface area contributed by atoms with E-state index in [1.54, 1.807) is 24.5 Å². The molecule has 1 heterocycles. The fourth-order valence-corrected chi connectivity index (χ4v) is 1.40. The van der Waals surface area contributed by atoms with Crippen LogP contribution in [0.2, 0.25) is 5.02 Å². The summed E-state index contributed by atoms with van der Waals surface area (Å²) in [5, 5.41) is 12.7. The highest BCUT2D eigenvalue weighted by atomic mass is 35.5. The Hall–Kier alpha value is -1.61. The van der Waals surface area contributed by atoms with E-state index in [4.69, 9.17) is 16.0 Å². The van der Waals surface area contributed by atoms with Gasteiger partial charge in [-0.25, -0.2) is 0 Å². The van der Waals surface area contributed by atoms with Gasteiger partial charge in [-0.3, -0.25) is 0 Å². The van der Waals surface area contributed by atoms with Gasteiger partial charge in [0, 0.05) is 5.69 Å². The predicted molar refractivity (Wildman–Crippen MR) is 59.2 cm³/mol. The molecule has 0 bridgehead atoms. The van der Waals surface area contributed by atoms with E-state index in [-0.39, 0.29) is 5.75 Å². The smallest absolute Gasteiger partial charge is 0.134 e. The molecule has 0 unspecified atom stereocenters. The molecule has 0 saturated carbocycles. The van der Waals surface area contributed by atoms with Crippen molar-refractivity contribution in [2.45, 2.75) is 6.54 Å². The summed E-state index contributed by atoms with van der Waals surface area (Å²) in [6.45, 7) is 0.591. The second-order valence-corrected chi connectivity index (χ2v) is 3.51. The van der Waals surface area contributed by atoms with Crippen LogP contribution >= 0.6 is 11.6 Å². The minimum Gasteiger partial charge on any atom is -0.506 e. The third-order valence-corrected chi connectivity index (χ3v) is 2.30. The second kappa shape index (κ2) is 4.28. The number of hydrogen-bond donors (Lipinski definition) is 2. The lowest BCUT2D eigenvalue weighted by molar-refractivity contribution is 0.475. The van der Waals surface area contributed by atoms with Crippen molar-refractivity contribution in [1.82, 2.24) is 0 Å². The van der Waals surface area contributed by atoms with Crippen molar-refractivity contribution < 1.29 is 9.52 Å². The number of hydrogen-bond acceptors (Lipinski definition) is 3. The summed E-state index contributed by atoms with van der Waals surface area (Å²) in [7, 11) is 0. The van der Waals surface area contributed by atoms with Gasteiger partial charge in [-0.15, -0.1) is 0 Å². The highest BCUT2D eigenvalue weighted by Crippen LogP contribution is 2.26. The third kappa shape index (κ3) is 2.44. The number of furan rings is 1. The fourth-order valence-electron chi connectivity index (χ4n) is 1.22. The highest BCUT2D eigenvalue weighted by molar-refractivity contribution is 6.32. The number of rotatable bonds is 3. The summed E-state index contributed by atoms with van der Waals surface area (Å²) in [4.78, 5) is 0. The van der Waals surface area contributed by atoms with E-state index in [1.165, 1.54) is 0 Å². The Kier molecular flexibility index (Phi) is 2.83. The van der Waals surface area contributed by atoms with Gasteiger partial charge >= 0.3 is 0 Å². The van der Waals surface area contributed by atoms with Crippen molar-refractivity contribution in [3.63, 3.8) is 0 Å². The number of halogens is 1. The van der Waals surface area contributed by atoms with Gasteiger partial charge in [-0.2, -0.15) is 0 Å². The predicted octanol–water partition coefficient (Wildman–Crippen LogP) is 3.25. The molecule has 1 aromatic heterocycles. The normalized spacial score (nSPS) is 10.2. The first kappa shape index (κ1) is 9.93. The molecule has 0 radical (unpaired) electrons. The van der Waals surface area contributed by atoms with E-state index in [1.807, 2.05) is 12.1 Å². The number of nitrogens with one attached hydrogen (secondary N) is 1. The van der Waals surface area contributed by atoms with Crippen LogP contribution in [-0.4, -0.2) is 5.11 Å². The minimum absolute atomic E-state index is 0.0835. The largest absolute Gasteiger partial charge is 0.506 e. The molecule has 15 heavy (non-hydrogen) atoms. The topological polar surface area (TPSA) is 45.4 Å². The lowest BCUT2D eigenvalue weighted by Crippen LogP contribution is -1.97. The Balaban J connectivity index is 2.02. The molecule has 78 valence electrons. The van der Waals surface area contributed by atoms with Crippen molar-refractivity contribution in [2.75, 3.05) is 5.32 Å². The Labute approximate surface area is 92.3 Å². The van der Waals surface area contributed by atoms with Gasteiger partial charge < -0.3 is 14.8 Å². The molecule has 0 fully saturated rings. The van der Waals surface area contributed by atoms with Crippen molar-refractivity contribution in [2.24, 2.45) is 0 Å². The average molecular weight is 224 g/mol. The Bertz CT molecular complexity index is 440. The maximum Gasteiger partial charge on any atom is 0.134 e. The summed E-state index contributed by atoms with van der Waals surface area (Å²) in [6, 6.07) is 8.69. The zero-order valence-corrected chi connectivity index (χ0v) is 8.66. The zero-order chi connectivity index (χ0) is 10.7. The first-order chi connectivity index (χ1) is 7.25. The summed E-state index contributed by atoms with van der Waals surface area (Å²) in [5.74, 6) is 0.930. The Morgan fingerprint density at radius 2 is 2.20 bits per heavy atom. The van der Waals surface area contributed by atoms with Gasteiger partial charge in [0.15, 0.2) is 0 Å². The van der Waals surface area contributed by atoms with Crippen molar-refractivity contribution in [1.29, 1.82) is 0 Å². The third-order valence-electron chi connectivity index (χ3n) is 1.99. The maximum absolute atomic E-state index is 9.22. The van der Waals surface area contributed by atoms with E-state index >= 15 is 0 Å². The number of anilines is 1. The van der Waals surface area contributed by atoms with E-state index in [2.05, 4.69) is 5.32 Å². The van der Waals surface area contributed by atoms with Gasteiger partial charge in [0.2, 0.25) is 0 Å². The molecule has 3 nitrogen and oxygen atoms in total. The molecule has 0 spiro atoms. The van der Waals surface area contributed by atoms with E-state index in [9.17, 15) is 5.11 Å². The number of benzene rings is 1. The van der Waals surface area contributed by atoms with Crippen LogP contribution in [0.25, 0.3) is 0 Å². The molecule has 1 aromatic carbocycles. The van der Waals surface area contributed by atoms with Crippen molar-refractivity contribution in [3.05, 3.63) is 47.4 Å². The van der Waals surface area contributed by atoms with Gasteiger partial charge in [-0.1, -0.05) is 11.6 Å². The quantitative estimate of drug-likeness (QED) is 0.786. The highest BCUT2D eigenvalue weighted by Gasteiger charge is 2.00. The standard InChI is InChI=1S/C11H10ClNO2/c12-10-6-8(3-4-11(10)14)13-7-9-2-1-5-15-9/h1-6,13-14H,7H2. The lowest BCUT2D eigenvalue weighted by atomic mass is 10.3. The molecule has 0 aliphatic heterocycles. The van der Waals surface area contributed by atoms with Crippen LogP contribution in [0.3, 0.4) is 0 Å². The molecule has 0 amide bonds. The summed E-state index contributed by atoms with van der Waals surface area (Å²) >= 11 is 5.76. The van der Waals surface area contributed by atoms with Crippen molar-refractivity contribution in [3.8, 4) is 5.75 Å². The average Bonchev–Trinajstić information content (AvgIpc) is 2.73. The SMILES string of the molecule is Oc1ccc(NCc2ccco2)cc1Cl. The summed E-state index contributed by atoms with van der Waals surface area (Å²) < 4.78 is 5.16. The summed E-state index contributed by atoms with van der Waals surface area (Å²) in [5.41, 5.74) is 0.842. The van der Waals surface area contributed by atoms with Crippen molar-refractivity contribution >= 4 is 17.3 Å². The molecule has 0 aliphatic carbocycles. The van der Waals surface area contributed by atoms with Crippen LogP contribution in [-0.2, 0) is 6.54 Å². The number of phenols is 1. The first-order valence-electron chi connectivity index (χ1n) is 4.50. The lowest BCUT2D eigenvalue weighted by Gasteiger charge is -2.05. The molecule has 2 aromatic rings. The molecule has 0 aliphatic rings. The van der Waals surface area contributed by atoms with Crippen LogP contribution in [0.15, 0.2) is 41.0 Å². The molecule has 0 atom stereocenters. The van der Waals surface area contributed by atoms with Crippen LogP contribution < -0.4 is 5.32 Å². The van der Waals surface area contributed by atoms with E-state index in [0.717, 1.165) is 11.4 Å². The van der Waals surface area contributed by atoms with Gasteiger partial charge in [0.05, 0.1) is 17.8 Å². The van der Waals surface area contributed by atoms with Crippen LogP contribution in [0.5, 0.6) is 5.75 Å². The van der Waals surface area contributed by atoms with Crippen LogP contribution in [0.1, 0.15) is 5.76 Å². The van der Waals surface area contributed by atoms with Crippen LogP contribution in [0.4, 0.5) is 5.69 Å². The molecular weight excluding hydrogens is 214 g/mol. The molecule has 4 heteroatoms. The maximum atomic E-state index is 9.22. The summed E-state index contributed by atoms with van der Waals surface area (Å²) in [6.07, 6.45) is 1.63. The number of phenolic OH excluding ortho intramolecular Hbond substituents is 1. The number of aromatic hydroxyl groups is 1. The Morgan fingerprint density at radius 3 is 2.87 bits per heavy atom. The Morgan fingerprint density at radius 1 is 1.33 bits per heavy atom. The van der Waals surface area contributed by atoms with E-state index < -0.39 is 0 Å². The first-order valence-corrected chi connectivity index (χ1v) is 4.88. The van der Waals surface area contributed by atoms with Gasteiger partial charge in [0.1, 0.15) is 11.5 Å². The molecule has 2 N–H and O–H groups in total. The molecule has 0 saturated heterocycles. The fraction of sp³-hybridized carbons (Fsp3) is 0.0909. The monoisotopic (exact) mass is 223 g/mol. The van der Waals surface area contributed by atoms with Gasteiger partial charge in [-0.05, 0) is 30.3 Å².